The monoisotopic (exact) mass is 564 g/mol. The fraction of sp³-hybridized carbons (Fsp3) is 0.310. The van der Waals surface area contributed by atoms with E-state index >= 15 is 0 Å². The molecular weight excluding hydrogens is 532 g/mol. The molecule has 10 nitrogen and oxygen atoms in total. The molecule has 210 valence electrons. The number of thiophene rings is 1. The zero-order valence-electron chi connectivity index (χ0n) is 23.1. The zero-order chi connectivity index (χ0) is 28.8. The molecule has 2 amide bonds. The normalized spacial score (nSPS) is 10.8. The molecule has 0 unspecified atom stereocenters. The minimum absolute atomic E-state index is 0.0567. The molecule has 0 spiro atoms. The highest BCUT2D eigenvalue weighted by Gasteiger charge is 2.25. The highest BCUT2D eigenvalue weighted by Crippen LogP contribution is 2.40. The maximum absolute atomic E-state index is 12.9. The summed E-state index contributed by atoms with van der Waals surface area (Å²) in [6.45, 7) is 8.51. The fourth-order valence-electron chi connectivity index (χ4n) is 4.34. The number of esters is 1. The number of carbonyl (C=O) groups excluding carboxylic acids is 3. The van der Waals surface area contributed by atoms with Crippen LogP contribution in [0.1, 0.15) is 34.8 Å². The molecule has 1 N–H and O–H groups in total. The molecular formula is C29H32N4O6S. The number of ether oxygens (including phenoxy) is 3. The molecule has 0 aliphatic heterocycles. The van der Waals surface area contributed by atoms with Crippen LogP contribution in [-0.4, -0.2) is 65.5 Å². The summed E-state index contributed by atoms with van der Waals surface area (Å²) >= 11 is 1.28. The van der Waals surface area contributed by atoms with Gasteiger partial charge in [-0.3, -0.25) is 9.59 Å². The molecule has 0 saturated carbocycles. The molecule has 40 heavy (non-hydrogen) atoms. The van der Waals surface area contributed by atoms with Crippen LogP contribution in [0, 0.1) is 13.8 Å². The Morgan fingerprint density at radius 1 is 1.02 bits per heavy atom. The Hall–Kier alpha value is -4.38. The molecule has 11 heteroatoms. The Morgan fingerprint density at radius 2 is 1.75 bits per heavy atom. The van der Waals surface area contributed by atoms with Crippen molar-refractivity contribution in [2.75, 3.05) is 38.7 Å². The average molecular weight is 565 g/mol. The van der Waals surface area contributed by atoms with Crippen LogP contribution in [0.15, 0.2) is 48.8 Å². The van der Waals surface area contributed by atoms with Crippen LogP contribution in [0.4, 0.5) is 5.00 Å². The highest BCUT2D eigenvalue weighted by atomic mass is 32.1. The predicted octanol–water partition coefficient (Wildman–Crippen LogP) is 4.73. The van der Waals surface area contributed by atoms with Gasteiger partial charge >= 0.3 is 5.97 Å². The lowest BCUT2D eigenvalue weighted by molar-refractivity contribution is -0.133. The van der Waals surface area contributed by atoms with Crippen molar-refractivity contribution in [2.45, 2.75) is 27.7 Å². The third-order valence-corrected chi connectivity index (χ3v) is 7.29. The van der Waals surface area contributed by atoms with Gasteiger partial charge in [0.25, 0.3) is 11.8 Å². The van der Waals surface area contributed by atoms with E-state index < -0.39 is 11.9 Å². The van der Waals surface area contributed by atoms with Gasteiger partial charge in [-0.1, -0.05) is 12.1 Å². The van der Waals surface area contributed by atoms with Crippen molar-refractivity contribution in [1.29, 1.82) is 0 Å². The molecule has 4 aromatic rings. The number of amides is 2. The fourth-order valence-corrected chi connectivity index (χ4v) is 5.42. The topological polar surface area (TPSA) is 111 Å². The van der Waals surface area contributed by atoms with Crippen LogP contribution >= 0.6 is 11.3 Å². The Kier molecular flexibility index (Phi) is 9.05. The van der Waals surface area contributed by atoms with E-state index in [1.54, 1.807) is 35.2 Å². The molecule has 0 radical (unpaired) electrons. The SMILES string of the molecule is CCN(CC)C(=O)COc1ccc(-c2c(C)sc(NC(=O)COc3cccn4cc(C)nc34)c2C(=O)OC)cc1. The van der Waals surface area contributed by atoms with E-state index in [2.05, 4.69) is 10.3 Å². The smallest absolute Gasteiger partial charge is 0.341 e. The molecule has 0 bridgehead atoms. The van der Waals surface area contributed by atoms with Crippen molar-refractivity contribution < 1.29 is 28.6 Å². The maximum atomic E-state index is 12.9. The van der Waals surface area contributed by atoms with Gasteiger partial charge in [-0.05, 0) is 57.5 Å². The molecule has 0 fully saturated rings. The van der Waals surface area contributed by atoms with Crippen LogP contribution in [-0.2, 0) is 14.3 Å². The number of anilines is 1. The summed E-state index contributed by atoms with van der Waals surface area (Å²) in [4.78, 5) is 44.9. The second-order valence-electron chi connectivity index (χ2n) is 8.93. The van der Waals surface area contributed by atoms with Gasteiger partial charge in [-0.2, -0.15) is 0 Å². The van der Waals surface area contributed by atoms with Gasteiger partial charge in [0, 0.05) is 35.9 Å². The average Bonchev–Trinajstić information content (AvgIpc) is 3.49. The van der Waals surface area contributed by atoms with Gasteiger partial charge in [-0.15, -0.1) is 11.3 Å². The number of fused-ring (bicyclic) bond motifs is 1. The number of nitrogens with zero attached hydrogens (tertiary/aromatic N) is 3. The molecule has 0 saturated heterocycles. The largest absolute Gasteiger partial charge is 0.484 e. The minimum Gasteiger partial charge on any atom is -0.484 e. The number of hydrogen-bond donors (Lipinski definition) is 1. The third kappa shape index (κ3) is 6.26. The van der Waals surface area contributed by atoms with Gasteiger partial charge in [0.05, 0.1) is 12.8 Å². The van der Waals surface area contributed by atoms with Crippen molar-refractivity contribution in [1.82, 2.24) is 14.3 Å². The number of pyridine rings is 1. The summed E-state index contributed by atoms with van der Waals surface area (Å²) in [5.41, 5.74) is 3.10. The van der Waals surface area contributed by atoms with Crippen molar-refractivity contribution in [3.8, 4) is 22.6 Å². The Bertz CT molecular complexity index is 1520. The van der Waals surface area contributed by atoms with Gasteiger partial charge in [0.1, 0.15) is 16.3 Å². The molecule has 0 aliphatic carbocycles. The van der Waals surface area contributed by atoms with E-state index in [4.69, 9.17) is 14.2 Å². The summed E-state index contributed by atoms with van der Waals surface area (Å²) in [6, 6.07) is 10.7. The Labute approximate surface area is 236 Å². The predicted molar refractivity (Wildman–Crippen MR) is 153 cm³/mol. The lowest BCUT2D eigenvalue weighted by Gasteiger charge is -2.18. The van der Waals surface area contributed by atoms with E-state index in [-0.39, 0.29) is 24.7 Å². The summed E-state index contributed by atoms with van der Waals surface area (Å²) in [5, 5.41) is 3.17. The number of benzene rings is 1. The number of hydrogen-bond acceptors (Lipinski definition) is 8. The summed E-state index contributed by atoms with van der Waals surface area (Å²) in [7, 11) is 1.30. The molecule has 0 aliphatic rings. The first-order chi connectivity index (χ1) is 19.2. The first-order valence-corrected chi connectivity index (χ1v) is 13.7. The third-order valence-electron chi connectivity index (χ3n) is 6.27. The van der Waals surface area contributed by atoms with Crippen LogP contribution < -0.4 is 14.8 Å². The number of rotatable bonds is 11. The summed E-state index contributed by atoms with van der Waals surface area (Å²) < 4.78 is 18.3. The number of aromatic nitrogens is 2. The number of imidazole rings is 1. The van der Waals surface area contributed by atoms with E-state index in [1.807, 2.05) is 50.6 Å². The number of carbonyl (C=O) groups is 3. The molecule has 3 aromatic heterocycles. The van der Waals surface area contributed by atoms with E-state index in [0.717, 1.165) is 16.1 Å². The lowest BCUT2D eigenvalue weighted by atomic mass is 10.0. The Balaban J connectivity index is 1.50. The number of likely N-dealkylation sites (N-methyl/N-ethyl adjacent to an activating group) is 1. The quantitative estimate of drug-likeness (QED) is 0.262. The van der Waals surface area contributed by atoms with Gasteiger partial charge in [-0.25, -0.2) is 9.78 Å². The van der Waals surface area contributed by atoms with E-state index in [1.165, 1.54) is 18.4 Å². The van der Waals surface area contributed by atoms with Crippen LogP contribution in [0.5, 0.6) is 11.5 Å². The van der Waals surface area contributed by atoms with E-state index in [9.17, 15) is 14.4 Å². The standard InChI is InChI=1S/C29H32N4O6S/c1-6-32(7-2)24(35)17-38-21-12-10-20(11-13-21)25-19(4)40-28(26(25)29(36)37-5)31-23(34)16-39-22-9-8-14-33-15-18(3)30-27(22)33/h8-15H,6-7,16-17H2,1-5H3,(H,31,34). The molecule has 1 aromatic carbocycles. The van der Waals surface area contributed by atoms with Crippen molar-refractivity contribution in [3.05, 3.63) is 64.9 Å². The zero-order valence-corrected chi connectivity index (χ0v) is 24.0. The lowest BCUT2D eigenvalue weighted by Crippen LogP contribution is -2.34. The number of methoxy groups -OCH3 is 1. The number of aryl methyl sites for hydroxylation is 2. The maximum Gasteiger partial charge on any atom is 0.341 e. The second-order valence-corrected chi connectivity index (χ2v) is 10.2. The summed E-state index contributed by atoms with van der Waals surface area (Å²) in [5.74, 6) is -0.0758. The van der Waals surface area contributed by atoms with E-state index in [0.29, 0.717) is 40.8 Å². The molecule has 0 atom stereocenters. The second kappa shape index (κ2) is 12.6. The molecule has 3 heterocycles. The van der Waals surface area contributed by atoms with Crippen LogP contribution in [0.25, 0.3) is 16.8 Å². The summed E-state index contributed by atoms with van der Waals surface area (Å²) in [6.07, 6.45) is 3.72. The van der Waals surface area contributed by atoms with Gasteiger partial charge < -0.3 is 28.8 Å². The first-order valence-electron chi connectivity index (χ1n) is 12.8. The van der Waals surface area contributed by atoms with Crippen LogP contribution in [0.3, 0.4) is 0 Å². The van der Waals surface area contributed by atoms with Gasteiger partial charge in [0.2, 0.25) is 0 Å². The van der Waals surface area contributed by atoms with Crippen molar-refractivity contribution in [2.24, 2.45) is 0 Å². The number of nitrogens with one attached hydrogen (secondary N) is 1. The van der Waals surface area contributed by atoms with Gasteiger partial charge in [0.15, 0.2) is 24.6 Å². The van der Waals surface area contributed by atoms with Crippen molar-refractivity contribution in [3.63, 3.8) is 0 Å². The van der Waals surface area contributed by atoms with Crippen LogP contribution in [0.2, 0.25) is 0 Å². The Morgan fingerprint density at radius 3 is 2.42 bits per heavy atom. The first kappa shape index (κ1) is 28.6. The van der Waals surface area contributed by atoms with Crippen molar-refractivity contribution >= 4 is 39.8 Å². The molecule has 4 rings (SSSR count). The highest BCUT2D eigenvalue weighted by molar-refractivity contribution is 7.17. The minimum atomic E-state index is -0.571.